The first-order valence-electron chi connectivity index (χ1n) is 8.74. The summed E-state index contributed by atoms with van der Waals surface area (Å²) >= 11 is 0. The monoisotopic (exact) mass is 399 g/mol. The van der Waals surface area contributed by atoms with E-state index in [0.29, 0.717) is 31.1 Å². The molecule has 0 fully saturated rings. The Morgan fingerprint density at radius 2 is 1.81 bits per heavy atom. The summed E-state index contributed by atoms with van der Waals surface area (Å²) in [6.07, 6.45) is 0.674. The van der Waals surface area contributed by atoms with Gasteiger partial charge in [-0.1, -0.05) is 0 Å². The molecule has 1 aromatic carbocycles. The summed E-state index contributed by atoms with van der Waals surface area (Å²) in [4.78, 5) is 22.8. The van der Waals surface area contributed by atoms with Gasteiger partial charge in [0.25, 0.3) is 0 Å². The van der Waals surface area contributed by atoms with Gasteiger partial charge in [-0.2, -0.15) is 0 Å². The third kappa shape index (κ3) is 6.42. The third-order valence-electron chi connectivity index (χ3n) is 4.12. The lowest BCUT2D eigenvalue weighted by atomic mass is 9.98. The van der Waals surface area contributed by atoms with Gasteiger partial charge < -0.3 is 19.9 Å². The van der Waals surface area contributed by atoms with Gasteiger partial charge in [-0.05, 0) is 32.4 Å². The van der Waals surface area contributed by atoms with Gasteiger partial charge in [-0.3, -0.25) is 9.59 Å². The number of hydrogen-bond acceptors (Lipinski definition) is 6. The molecule has 2 N–H and O–H groups in total. The Labute approximate surface area is 158 Å². The van der Waals surface area contributed by atoms with Crippen LogP contribution in [-0.2, 0) is 19.4 Å². The van der Waals surface area contributed by atoms with E-state index in [4.69, 9.17) is 14.6 Å². The summed E-state index contributed by atoms with van der Waals surface area (Å²) in [5.41, 5.74) is -0.728. The Morgan fingerprint density at radius 1 is 1.15 bits per heavy atom. The minimum Gasteiger partial charge on any atom is -0.490 e. The maximum absolute atomic E-state index is 12.5. The van der Waals surface area contributed by atoms with Gasteiger partial charge >= 0.3 is 5.97 Å². The first kappa shape index (κ1) is 21.0. The van der Waals surface area contributed by atoms with Crippen LogP contribution in [-0.4, -0.2) is 49.9 Å². The largest absolute Gasteiger partial charge is 0.490 e. The Hall–Kier alpha value is -2.29. The van der Waals surface area contributed by atoms with Crippen molar-refractivity contribution in [3.05, 3.63) is 18.2 Å². The second kappa shape index (κ2) is 8.60. The van der Waals surface area contributed by atoms with E-state index in [-0.39, 0.29) is 29.9 Å². The third-order valence-corrected chi connectivity index (χ3v) is 5.83. The number of carbonyl (C=O) groups is 2. The van der Waals surface area contributed by atoms with E-state index in [1.54, 1.807) is 19.9 Å². The Kier molecular flexibility index (Phi) is 6.69. The van der Waals surface area contributed by atoms with Crippen molar-refractivity contribution in [1.82, 2.24) is 5.32 Å². The molecule has 0 spiro atoms. The van der Waals surface area contributed by atoms with E-state index in [2.05, 4.69) is 5.32 Å². The fourth-order valence-corrected chi connectivity index (χ4v) is 3.86. The molecule has 0 unspecified atom stereocenters. The number of benzene rings is 1. The number of amides is 1. The number of aliphatic carboxylic acids is 1. The zero-order valence-corrected chi connectivity index (χ0v) is 16.3. The molecule has 0 saturated carbocycles. The predicted molar refractivity (Wildman–Crippen MR) is 97.8 cm³/mol. The number of nitrogens with one attached hydrogen (secondary N) is 1. The highest BCUT2D eigenvalue weighted by Gasteiger charge is 2.24. The Bertz CT molecular complexity index is 802. The SMILES string of the molecule is CC(C)(CCC(=O)O)NC(=O)CCS(=O)(=O)c1ccc2c(c1)OCCCO2. The van der Waals surface area contributed by atoms with Crippen LogP contribution in [0.15, 0.2) is 23.1 Å². The first-order chi connectivity index (χ1) is 12.6. The van der Waals surface area contributed by atoms with Crippen molar-refractivity contribution in [3.63, 3.8) is 0 Å². The van der Waals surface area contributed by atoms with E-state index in [9.17, 15) is 18.0 Å². The zero-order valence-electron chi connectivity index (χ0n) is 15.5. The number of hydrogen-bond donors (Lipinski definition) is 2. The maximum atomic E-state index is 12.5. The lowest BCUT2D eigenvalue weighted by Gasteiger charge is -2.25. The van der Waals surface area contributed by atoms with E-state index in [0.717, 1.165) is 0 Å². The average molecular weight is 399 g/mol. The molecule has 1 aliphatic heterocycles. The molecule has 150 valence electrons. The molecule has 1 aromatic rings. The van der Waals surface area contributed by atoms with Gasteiger partial charge in [0, 0.05) is 30.9 Å². The Morgan fingerprint density at radius 3 is 2.48 bits per heavy atom. The minimum atomic E-state index is -3.67. The van der Waals surface area contributed by atoms with Crippen LogP contribution in [0.5, 0.6) is 11.5 Å². The molecule has 0 bridgehead atoms. The smallest absolute Gasteiger partial charge is 0.303 e. The molecular weight excluding hydrogens is 374 g/mol. The summed E-state index contributed by atoms with van der Waals surface area (Å²) in [7, 11) is -3.67. The lowest BCUT2D eigenvalue weighted by Crippen LogP contribution is -2.44. The quantitative estimate of drug-likeness (QED) is 0.684. The van der Waals surface area contributed by atoms with Crippen molar-refractivity contribution in [1.29, 1.82) is 0 Å². The summed E-state index contributed by atoms with van der Waals surface area (Å²) in [6, 6.07) is 4.42. The van der Waals surface area contributed by atoms with E-state index in [1.165, 1.54) is 12.1 Å². The number of ether oxygens (including phenoxy) is 2. The second-order valence-corrected chi connectivity index (χ2v) is 9.16. The van der Waals surface area contributed by atoms with Crippen molar-refractivity contribution in [2.45, 2.75) is 50.0 Å². The van der Waals surface area contributed by atoms with Crippen molar-refractivity contribution in [2.75, 3.05) is 19.0 Å². The van der Waals surface area contributed by atoms with Crippen LogP contribution in [0.25, 0.3) is 0 Å². The van der Waals surface area contributed by atoms with Gasteiger partial charge in [0.1, 0.15) is 0 Å². The number of carbonyl (C=O) groups excluding carboxylic acids is 1. The van der Waals surface area contributed by atoms with Crippen LogP contribution in [0, 0.1) is 0 Å². The van der Waals surface area contributed by atoms with Crippen molar-refractivity contribution < 1.29 is 32.6 Å². The molecule has 0 radical (unpaired) electrons. The fraction of sp³-hybridized carbons (Fsp3) is 0.556. The molecule has 27 heavy (non-hydrogen) atoms. The van der Waals surface area contributed by atoms with Gasteiger partial charge in [0.05, 0.1) is 23.9 Å². The molecule has 1 heterocycles. The van der Waals surface area contributed by atoms with Crippen molar-refractivity contribution >= 4 is 21.7 Å². The van der Waals surface area contributed by atoms with Crippen molar-refractivity contribution in [3.8, 4) is 11.5 Å². The van der Waals surface area contributed by atoms with Crippen LogP contribution in [0.1, 0.15) is 39.5 Å². The Balaban J connectivity index is 1.97. The van der Waals surface area contributed by atoms with E-state index >= 15 is 0 Å². The molecule has 2 rings (SSSR count). The summed E-state index contributed by atoms with van der Waals surface area (Å²) in [6.45, 7) is 4.36. The summed E-state index contributed by atoms with van der Waals surface area (Å²) in [5, 5.41) is 11.4. The highest BCUT2D eigenvalue weighted by atomic mass is 32.2. The number of carboxylic acid groups (broad SMARTS) is 1. The van der Waals surface area contributed by atoms with Gasteiger partial charge in [0.15, 0.2) is 21.3 Å². The molecule has 0 saturated heterocycles. The number of fused-ring (bicyclic) bond motifs is 1. The second-order valence-electron chi connectivity index (χ2n) is 7.05. The van der Waals surface area contributed by atoms with E-state index < -0.39 is 27.3 Å². The molecule has 1 aliphatic rings. The molecule has 1 amide bonds. The first-order valence-corrected chi connectivity index (χ1v) is 10.4. The lowest BCUT2D eigenvalue weighted by molar-refractivity contribution is -0.137. The fourth-order valence-electron chi connectivity index (χ4n) is 2.60. The van der Waals surface area contributed by atoms with Gasteiger partial charge in [-0.15, -0.1) is 0 Å². The molecule has 0 aromatic heterocycles. The predicted octanol–water partition coefficient (Wildman–Crippen LogP) is 1.77. The molecule has 0 aliphatic carbocycles. The minimum absolute atomic E-state index is 0.0738. The molecule has 9 heteroatoms. The highest BCUT2D eigenvalue weighted by Crippen LogP contribution is 2.32. The van der Waals surface area contributed by atoms with Crippen molar-refractivity contribution in [2.24, 2.45) is 0 Å². The van der Waals surface area contributed by atoms with Crippen LogP contribution in [0.2, 0.25) is 0 Å². The molecule has 0 atom stereocenters. The van der Waals surface area contributed by atoms with E-state index in [1.807, 2.05) is 0 Å². The topological polar surface area (TPSA) is 119 Å². The van der Waals surface area contributed by atoms with Crippen LogP contribution >= 0.6 is 0 Å². The normalized spacial score (nSPS) is 14.3. The average Bonchev–Trinajstić information content (AvgIpc) is 2.83. The van der Waals surface area contributed by atoms with Gasteiger partial charge in [0.2, 0.25) is 5.91 Å². The van der Waals surface area contributed by atoms with Crippen LogP contribution in [0.3, 0.4) is 0 Å². The summed E-state index contributed by atoms with van der Waals surface area (Å²) in [5.74, 6) is -0.858. The number of rotatable bonds is 8. The van der Waals surface area contributed by atoms with Gasteiger partial charge in [-0.25, -0.2) is 8.42 Å². The number of sulfone groups is 1. The van der Waals surface area contributed by atoms with Crippen LogP contribution < -0.4 is 14.8 Å². The van der Waals surface area contributed by atoms with Crippen LogP contribution in [0.4, 0.5) is 0 Å². The number of carboxylic acids is 1. The maximum Gasteiger partial charge on any atom is 0.303 e. The highest BCUT2D eigenvalue weighted by molar-refractivity contribution is 7.91. The zero-order chi connectivity index (χ0) is 20.1. The summed E-state index contributed by atoms with van der Waals surface area (Å²) < 4.78 is 36.1. The standard InChI is InChI=1S/C18H25NO7S/c1-18(2,8-6-17(21)22)19-16(20)7-11-27(23,24)13-4-5-14-15(12-13)26-10-3-9-25-14/h4-5,12H,3,6-11H2,1-2H3,(H,19,20)(H,21,22). The molecule has 8 nitrogen and oxygen atoms in total. The molecular formula is C18H25NO7S.